The fraction of sp³-hybridized carbons (Fsp3) is 0.192. The summed E-state index contributed by atoms with van der Waals surface area (Å²) in [5, 5.41) is 2.66. The smallest absolute Gasteiger partial charge is 0.416 e. The molecule has 1 aliphatic rings. The van der Waals surface area contributed by atoms with Crippen LogP contribution < -0.4 is 5.32 Å². The SMILES string of the molecule is O=C(NCCC#Cc1ccc(C(F)(F)F)cc1Br)OCC1c2ccccc2-c2ccccc21. The molecule has 33 heavy (non-hydrogen) atoms. The van der Waals surface area contributed by atoms with Crippen LogP contribution in [0.1, 0.15) is 34.6 Å². The molecule has 1 aliphatic carbocycles. The molecule has 0 aliphatic heterocycles. The number of hydrogen-bond donors (Lipinski definition) is 1. The van der Waals surface area contributed by atoms with Crippen LogP contribution >= 0.6 is 15.9 Å². The van der Waals surface area contributed by atoms with E-state index in [9.17, 15) is 18.0 Å². The average Bonchev–Trinajstić information content (AvgIpc) is 3.11. The van der Waals surface area contributed by atoms with Gasteiger partial charge in [-0.3, -0.25) is 0 Å². The Morgan fingerprint density at radius 3 is 2.24 bits per heavy atom. The van der Waals surface area contributed by atoms with Gasteiger partial charge in [0.2, 0.25) is 0 Å². The van der Waals surface area contributed by atoms with Crippen LogP contribution in [0.25, 0.3) is 11.1 Å². The maximum atomic E-state index is 12.7. The van der Waals surface area contributed by atoms with Crippen LogP contribution in [0.3, 0.4) is 0 Å². The molecule has 3 aromatic rings. The molecule has 1 N–H and O–H groups in total. The maximum absolute atomic E-state index is 12.7. The van der Waals surface area contributed by atoms with Crippen molar-refractivity contribution in [2.75, 3.05) is 13.2 Å². The van der Waals surface area contributed by atoms with Gasteiger partial charge in [0.15, 0.2) is 0 Å². The van der Waals surface area contributed by atoms with Gasteiger partial charge in [-0.25, -0.2) is 4.79 Å². The van der Waals surface area contributed by atoms with Crippen molar-refractivity contribution in [3.05, 3.63) is 93.5 Å². The van der Waals surface area contributed by atoms with Gasteiger partial charge in [-0.05, 0) is 56.4 Å². The minimum Gasteiger partial charge on any atom is -0.449 e. The highest BCUT2D eigenvalue weighted by Crippen LogP contribution is 2.44. The number of alkyl carbamates (subject to hydrolysis) is 1. The number of carbonyl (C=O) groups excluding carboxylic acids is 1. The third-order valence-electron chi connectivity index (χ3n) is 5.38. The Morgan fingerprint density at radius 2 is 1.64 bits per heavy atom. The van der Waals surface area contributed by atoms with Gasteiger partial charge in [-0.2, -0.15) is 13.2 Å². The molecule has 3 aromatic carbocycles. The van der Waals surface area contributed by atoms with Gasteiger partial charge in [-0.15, -0.1) is 0 Å². The van der Waals surface area contributed by atoms with E-state index in [0.717, 1.165) is 34.4 Å². The van der Waals surface area contributed by atoms with Gasteiger partial charge in [0.05, 0.1) is 5.56 Å². The van der Waals surface area contributed by atoms with Gasteiger partial charge in [-0.1, -0.05) is 60.4 Å². The predicted molar refractivity (Wildman–Crippen MR) is 124 cm³/mol. The van der Waals surface area contributed by atoms with Crippen molar-refractivity contribution >= 4 is 22.0 Å². The minimum atomic E-state index is -4.40. The number of carbonyl (C=O) groups is 1. The third-order valence-corrected chi connectivity index (χ3v) is 6.04. The fourth-order valence-corrected chi connectivity index (χ4v) is 4.30. The molecule has 0 spiro atoms. The van der Waals surface area contributed by atoms with Crippen LogP contribution in [0.2, 0.25) is 0 Å². The molecule has 0 saturated carbocycles. The minimum absolute atomic E-state index is 0.0139. The summed E-state index contributed by atoms with van der Waals surface area (Å²) in [6.45, 7) is 0.492. The van der Waals surface area contributed by atoms with Crippen LogP contribution in [0.4, 0.5) is 18.0 Å². The number of nitrogens with one attached hydrogen (secondary N) is 1. The second kappa shape index (κ2) is 9.72. The van der Waals surface area contributed by atoms with Crippen molar-refractivity contribution in [3.63, 3.8) is 0 Å². The molecule has 0 aromatic heterocycles. The molecule has 0 bridgehead atoms. The summed E-state index contributed by atoms with van der Waals surface area (Å²) in [7, 11) is 0. The number of hydrogen-bond acceptors (Lipinski definition) is 2. The van der Waals surface area contributed by atoms with Crippen molar-refractivity contribution in [2.45, 2.75) is 18.5 Å². The lowest BCUT2D eigenvalue weighted by molar-refractivity contribution is -0.137. The topological polar surface area (TPSA) is 38.3 Å². The highest BCUT2D eigenvalue weighted by Gasteiger charge is 2.31. The monoisotopic (exact) mass is 513 g/mol. The highest BCUT2D eigenvalue weighted by atomic mass is 79.9. The first-order valence-corrected chi connectivity index (χ1v) is 11.1. The van der Waals surface area contributed by atoms with Crippen LogP contribution in [0.15, 0.2) is 71.2 Å². The number of alkyl halides is 3. The Kier molecular flexibility index (Phi) is 6.75. The zero-order valence-corrected chi connectivity index (χ0v) is 19.0. The largest absolute Gasteiger partial charge is 0.449 e. The lowest BCUT2D eigenvalue weighted by Crippen LogP contribution is -2.26. The number of amides is 1. The summed E-state index contributed by atoms with van der Waals surface area (Å²) in [6, 6.07) is 19.5. The summed E-state index contributed by atoms with van der Waals surface area (Å²) in [4.78, 5) is 12.1. The predicted octanol–water partition coefficient (Wildman–Crippen LogP) is 6.75. The summed E-state index contributed by atoms with van der Waals surface area (Å²) in [5.74, 6) is 5.64. The zero-order chi connectivity index (χ0) is 23.4. The quantitative estimate of drug-likeness (QED) is 0.309. The molecule has 0 unspecified atom stereocenters. The van der Waals surface area contributed by atoms with Gasteiger partial charge >= 0.3 is 12.3 Å². The van der Waals surface area contributed by atoms with Crippen LogP contribution in [-0.4, -0.2) is 19.2 Å². The van der Waals surface area contributed by atoms with E-state index in [1.54, 1.807) is 0 Å². The van der Waals surface area contributed by atoms with Gasteiger partial charge in [0.1, 0.15) is 6.61 Å². The van der Waals surface area contributed by atoms with E-state index in [-0.39, 0.29) is 23.5 Å². The van der Waals surface area contributed by atoms with Crippen LogP contribution in [0, 0.1) is 11.8 Å². The Hall–Kier alpha value is -3.24. The second-order valence-corrected chi connectivity index (χ2v) is 8.35. The molecule has 0 heterocycles. The van der Waals surface area contributed by atoms with Crippen LogP contribution in [-0.2, 0) is 10.9 Å². The molecule has 168 valence electrons. The van der Waals surface area contributed by atoms with Gasteiger partial charge in [0.25, 0.3) is 0 Å². The summed E-state index contributed by atoms with van der Waals surface area (Å²) in [5.41, 5.74) is 4.30. The van der Waals surface area contributed by atoms with E-state index >= 15 is 0 Å². The molecule has 3 nitrogen and oxygen atoms in total. The number of rotatable bonds is 4. The van der Waals surface area contributed by atoms with E-state index in [1.807, 2.05) is 24.3 Å². The number of fused-ring (bicyclic) bond motifs is 3. The lowest BCUT2D eigenvalue weighted by Gasteiger charge is -2.14. The summed E-state index contributed by atoms with van der Waals surface area (Å²) < 4.78 is 43.9. The Balaban J connectivity index is 1.28. The van der Waals surface area contributed by atoms with E-state index in [4.69, 9.17) is 4.74 Å². The van der Waals surface area contributed by atoms with Gasteiger partial charge in [0, 0.05) is 28.9 Å². The Labute approximate surface area is 198 Å². The van der Waals surface area contributed by atoms with Crippen molar-refractivity contribution in [3.8, 4) is 23.0 Å². The third kappa shape index (κ3) is 5.23. The van der Waals surface area contributed by atoms with Crippen molar-refractivity contribution < 1.29 is 22.7 Å². The molecule has 7 heteroatoms. The van der Waals surface area contributed by atoms with Crippen molar-refractivity contribution in [1.29, 1.82) is 0 Å². The second-order valence-electron chi connectivity index (χ2n) is 7.50. The van der Waals surface area contributed by atoms with E-state index in [2.05, 4.69) is 57.4 Å². The van der Waals surface area contributed by atoms with E-state index in [0.29, 0.717) is 12.0 Å². The standard InChI is InChI=1S/C26H19BrF3NO2/c27-24-15-18(26(28,29)30)13-12-17(24)7-5-6-14-31-25(32)33-16-23-21-10-3-1-8-19(21)20-9-2-4-11-22(20)23/h1-4,8-13,15,23H,6,14,16H2,(H,31,32). The molecule has 0 atom stereocenters. The number of ether oxygens (including phenoxy) is 1. The zero-order valence-electron chi connectivity index (χ0n) is 17.4. The summed E-state index contributed by atoms with van der Waals surface area (Å²) >= 11 is 3.12. The molecule has 1 amide bonds. The Bertz CT molecular complexity index is 1200. The summed E-state index contributed by atoms with van der Waals surface area (Å²) in [6.07, 6.45) is -4.60. The first-order valence-electron chi connectivity index (χ1n) is 10.3. The molecule has 0 saturated heterocycles. The van der Waals surface area contributed by atoms with E-state index in [1.165, 1.54) is 6.07 Å². The number of benzene rings is 3. The average molecular weight is 514 g/mol. The first-order chi connectivity index (χ1) is 15.8. The normalized spacial score (nSPS) is 12.4. The number of halogens is 4. The molecule has 0 radical (unpaired) electrons. The van der Waals surface area contributed by atoms with Crippen molar-refractivity contribution in [2.24, 2.45) is 0 Å². The fourth-order valence-electron chi connectivity index (χ4n) is 3.83. The maximum Gasteiger partial charge on any atom is 0.416 e. The first kappa shape index (κ1) is 22.9. The Morgan fingerprint density at radius 1 is 1.00 bits per heavy atom. The molecular formula is C26H19BrF3NO2. The molecule has 0 fully saturated rings. The molecular weight excluding hydrogens is 495 g/mol. The highest BCUT2D eigenvalue weighted by molar-refractivity contribution is 9.10. The van der Waals surface area contributed by atoms with Gasteiger partial charge < -0.3 is 10.1 Å². The van der Waals surface area contributed by atoms with Crippen LogP contribution in [0.5, 0.6) is 0 Å². The van der Waals surface area contributed by atoms with Crippen molar-refractivity contribution in [1.82, 2.24) is 5.32 Å². The molecule has 4 rings (SSSR count). The lowest BCUT2D eigenvalue weighted by atomic mass is 9.98. The van der Waals surface area contributed by atoms with E-state index < -0.39 is 17.8 Å².